The molecule has 0 saturated heterocycles. The SMILES string of the molecule is CCCCCN(C(=O)N[C@H](CO)C(=O)O)C(C)C. The van der Waals surface area contributed by atoms with Gasteiger partial charge in [-0.3, -0.25) is 0 Å². The van der Waals surface area contributed by atoms with Gasteiger partial charge in [0, 0.05) is 12.6 Å². The van der Waals surface area contributed by atoms with Gasteiger partial charge in [0.15, 0.2) is 6.04 Å². The Labute approximate surface area is 108 Å². The van der Waals surface area contributed by atoms with Crippen molar-refractivity contribution in [2.45, 2.75) is 52.1 Å². The maximum absolute atomic E-state index is 11.9. The highest BCUT2D eigenvalue weighted by atomic mass is 16.4. The number of nitrogens with one attached hydrogen (secondary N) is 1. The second-order valence-corrected chi connectivity index (χ2v) is 4.52. The van der Waals surface area contributed by atoms with Crippen molar-refractivity contribution in [1.29, 1.82) is 0 Å². The number of aliphatic hydroxyl groups excluding tert-OH is 1. The van der Waals surface area contributed by atoms with E-state index in [4.69, 9.17) is 10.2 Å². The number of carboxylic acids is 1. The molecule has 0 spiro atoms. The second-order valence-electron chi connectivity index (χ2n) is 4.52. The topological polar surface area (TPSA) is 89.9 Å². The molecule has 0 heterocycles. The molecule has 106 valence electrons. The number of carboxylic acid groups (broad SMARTS) is 1. The van der Waals surface area contributed by atoms with E-state index < -0.39 is 24.6 Å². The van der Waals surface area contributed by atoms with Crippen molar-refractivity contribution in [3.8, 4) is 0 Å². The Kier molecular flexibility index (Phi) is 8.11. The predicted octanol–water partition coefficient (Wildman–Crippen LogP) is 1.04. The van der Waals surface area contributed by atoms with Crippen LogP contribution in [0.5, 0.6) is 0 Å². The fourth-order valence-corrected chi connectivity index (χ4v) is 1.54. The summed E-state index contributed by atoms with van der Waals surface area (Å²) in [5.41, 5.74) is 0. The average molecular weight is 260 g/mol. The zero-order valence-electron chi connectivity index (χ0n) is 11.3. The summed E-state index contributed by atoms with van der Waals surface area (Å²) in [5.74, 6) is -1.23. The molecule has 6 nitrogen and oxygen atoms in total. The number of hydrogen-bond donors (Lipinski definition) is 3. The highest BCUT2D eigenvalue weighted by molar-refractivity contribution is 5.82. The minimum absolute atomic E-state index is 0.00464. The molecule has 1 atom stereocenters. The summed E-state index contributed by atoms with van der Waals surface area (Å²) in [5, 5.41) is 19.9. The number of unbranched alkanes of at least 4 members (excludes halogenated alkanes) is 2. The van der Waals surface area contributed by atoms with Crippen LogP contribution >= 0.6 is 0 Å². The van der Waals surface area contributed by atoms with Gasteiger partial charge in [0.2, 0.25) is 0 Å². The van der Waals surface area contributed by atoms with Crippen LogP contribution in [0.2, 0.25) is 0 Å². The Morgan fingerprint density at radius 2 is 1.89 bits per heavy atom. The maximum atomic E-state index is 11.9. The minimum Gasteiger partial charge on any atom is -0.480 e. The summed E-state index contributed by atoms with van der Waals surface area (Å²) >= 11 is 0. The molecule has 0 fully saturated rings. The summed E-state index contributed by atoms with van der Waals surface area (Å²) < 4.78 is 0. The maximum Gasteiger partial charge on any atom is 0.328 e. The number of amides is 2. The first kappa shape index (κ1) is 16.7. The number of rotatable bonds is 8. The molecule has 0 aliphatic carbocycles. The standard InChI is InChI=1S/C12H24N2O4/c1-4-5-6-7-14(9(2)3)12(18)13-10(8-15)11(16)17/h9-10,15H,4-8H2,1-3H3,(H,13,18)(H,16,17)/t10-/m1/s1. The number of aliphatic hydroxyl groups is 1. The smallest absolute Gasteiger partial charge is 0.328 e. The number of carbonyl (C=O) groups is 2. The van der Waals surface area contributed by atoms with E-state index in [9.17, 15) is 9.59 Å². The van der Waals surface area contributed by atoms with Crippen LogP contribution in [-0.4, -0.2) is 52.3 Å². The molecule has 0 rings (SSSR count). The van der Waals surface area contributed by atoms with Gasteiger partial charge >= 0.3 is 12.0 Å². The Balaban J connectivity index is 4.42. The average Bonchev–Trinajstić information content (AvgIpc) is 2.30. The monoisotopic (exact) mass is 260 g/mol. The van der Waals surface area contributed by atoms with Crippen LogP contribution in [0.3, 0.4) is 0 Å². The van der Waals surface area contributed by atoms with E-state index in [-0.39, 0.29) is 6.04 Å². The number of hydrogen-bond acceptors (Lipinski definition) is 3. The molecule has 18 heavy (non-hydrogen) atoms. The Bertz CT molecular complexity index is 269. The fourth-order valence-electron chi connectivity index (χ4n) is 1.54. The molecule has 0 aromatic rings. The van der Waals surface area contributed by atoms with E-state index in [1.54, 1.807) is 4.90 Å². The number of nitrogens with zero attached hydrogens (tertiary/aromatic N) is 1. The minimum atomic E-state index is -1.25. The first-order valence-corrected chi connectivity index (χ1v) is 6.34. The summed E-state index contributed by atoms with van der Waals surface area (Å²) in [7, 11) is 0. The van der Waals surface area contributed by atoms with Crippen LogP contribution in [0.1, 0.15) is 40.0 Å². The first-order chi connectivity index (χ1) is 8.43. The van der Waals surface area contributed by atoms with Gasteiger partial charge in [-0.05, 0) is 20.3 Å². The Morgan fingerprint density at radius 3 is 2.28 bits per heavy atom. The summed E-state index contributed by atoms with van der Waals surface area (Å²) in [6.45, 7) is 5.81. The van der Waals surface area contributed by atoms with Crippen molar-refractivity contribution >= 4 is 12.0 Å². The largest absolute Gasteiger partial charge is 0.480 e. The van der Waals surface area contributed by atoms with Gasteiger partial charge in [-0.1, -0.05) is 19.8 Å². The third-order valence-electron chi connectivity index (χ3n) is 2.67. The predicted molar refractivity (Wildman–Crippen MR) is 68.4 cm³/mol. The summed E-state index contributed by atoms with van der Waals surface area (Å²) in [4.78, 5) is 24.2. The molecule has 0 radical (unpaired) electrons. The van der Waals surface area contributed by atoms with Crippen LogP contribution in [0, 0.1) is 0 Å². The zero-order valence-corrected chi connectivity index (χ0v) is 11.3. The van der Waals surface area contributed by atoms with Crippen LogP contribution in [0.25, 0.3) is 0 Å². The van der Waals surface area contributed by atoms with Gasteiger partial charge in [-0.2, -0.15) is 0 Å². The van der Waals surface area contributed by atoms with Crippen LogP contribution in [0.4, 0.5) is 4.79 Å². The summed E-state index contributed by atoms with van der Waals surface area (Å²) in [6, 6.07) is -1.69. The van der Waals surface area contributed by atoms with Gasteiger partial charge in [-0.15, -0.1) is 0 Å². The lowest BCUT2D eigenvalue weighted by molar-refractivity contribution is -0.140. The lowest BCUT2D eigenvalue weighted by atomic mass is 10.2. The Hall–Kier alpha value is -1.30. The van der Waals surface area contributed by atoms with E-state index in [1.165, 1.54) is 0 Å². The molecule has 0 aromatic carbocycles. The van der Waals surface area contributed by atoms with Gasteiger partial charge in [0.1, 0.15) is 0 Å². The molecule has 2 amide bonds. The first-order valence-electron chi connectivity index (χ1n) is 6.34. The highest BCUT2D eigenvalue weighted by Crippen LogP contribution is 2.04. The van der Waals surface area contributed by atoms with E-state index in [0.29, 0.717) is 6.54 Å². The van der Waals surface area contributed by atoms with Crippen molar-refractivity contribution in [3.63, 3.8) is 0 Å². The molecule has 3 N–H and O–H groups in total. The highest BCUT2D eigenvalue weighted by Gasteiger charge is 2.23. The van der Waals surface area contributed by atoms with Gasteiger partial charge in [0.25, 0.3) is 0 Å². The molecule has 0 bridgehead atoms. The lowest BCUT2D eigenvalue weighted by Gasteiger charge is -2.28. The summed E-state index contributed by atoms with van der Waals surface area (Å²) in [6.07, 6.45) is 2.97. The Morgan fingerprint density at radius 1 is 1.28 bits per heavy atom. The van der Waals surface area contributed by atoms with Crippen LogP contribution in [-0.2, 0) is 4.79 Å². The number of aliphatic carboxylic acids is 1. The zero-order chi connectivity index (χ0) is 14.1. The van der Waals surface area contributed by atoms with Gasteiger partial charge in [-0.25, -0.2) is 9.59 Å². The normalized spacial score (nSPS) is 12.3. The lowest BCUT2D eigenvalue weighted by Crippen LogP contribution is -2.51. The van der Waals surface area contributed by atoms with Gasteiger partial charge < -0.3 is 20.4 Å². The number of urea groups is 1. The van der Waals surface area contributed by atoms with Crippen molar-refractivity contribution in [3.05, 3.63) is 0 Å². The molecule has 6 heteroatoms. The molecule has 0 unspecified atom stereocenters. The molecular weight excluding hydrogens is 236 g/mol. The third kappa shape index (κ3) is 5.86. The van der Waals surface area contributed by atoms with E-state index >= 15 is 0 Å². The molecular formula is C12H24N2O4. The quantitative estimate of drug-likeness (QED) is 0.569. The van der Waals surface area contributed by atoms with Crippen molar-refractivity contribution in [1.82, 2.24) is 10.2 Å². The molecule has 0 saturated carbocycles. The van der Waals surface area contributed by atoms with E-state index in [2.05, 4.69) is 12.2 Å². The van der Waals surface area contributed by atoms with Crippen LogP contribution < -0.4 is 5.32 Å². The molecule has 0 aliphatic heterocycles. The number of carbonyl (C=O) groups excluding carboxylic acids is 1. The van der Waals surface area contributed by atoms with Crippen molar-refractivity contribution in [2.75, 3.05) is 13.2 Å². The fraction of sp³-hybridized carbons (Fsp3) is 0.833. The van der Waals surface area contributed by atoms with Crippen molar-refractivity contribution in [2.24, 2.45) is 0 Å². The van der Waals surface area contributed by atoms with Crippen LogP contribution in [0.15, 0.2) is 0 Å². The van der Waals surface area contributed by atoms with E-state index in [1.807, 2.05) is 13.8 Å². The molecule has 0 aliphatic rings. The van der Waals surface area contributed by atoms with Gasteiger partial charge in [0.05, 0.1) is 6.61 Å². The van der Waals surface area contributed by atoms with E-state index in [0.717, 1.165) is 19.3 Å². The second kappa shape index (κ2) is 8.74. The molecule has 0 aromatic heterocycles. The van der Waals surface area contributed by atoms with Crippen molar-refractivity contribution < 1.29 is 19.8 Å². The third-order valence-corrected chi connectivity index (χ3v) is 2.67.